The number of nitrogens with one attached hydrogen (secondary N) is 3. The van der Waals surface area contributed by atoms with Gasteiger partial charge in [-0.1, -0.05) is 18.2 Å². The fourth-order valence-electron chi connectivity index (χ4n) is 4.56. The topological polar surface area (TPSA) is 64.7 Å². The molecule has 0 bridgehead atoms. The summed E-state index contributed by atoms with van der Waals surface area (Å²) >= 11 is 0. The summed E-state index contributed by atoms with van der Waals surface area (Å²) < 4.78 is 5.51. The summed E-state index contributed by atoms with van der Waals surface area (Å²) in [5, 5.41) is 8.46. The highest BCUT2D eigenvalue weighted by Crippen LogP contribution is 2.19. The number of aromatic amines is 1. The van der Waals surface area contributed by atoms with Gasteiger partial charge in [0.1, 0.15) is 0 Å². The molecule has 166 valence electrons. The monoisotopic (exact) mass is 525 g/mol. The van der Waals surface area contributed by atoms with Gasteiger partial charge in [-0.2, -0.15) is 0 Å². The van der Waals surface area contributed by atoms with Crippen LogP contribution in [0.3, 0.4) is 0 Å². The van der Waals surface area contributed by atoms with Crippen LogP contribution in [-0.4, -0.2) is 68.3 Å². The quantitative estimate of drug-likeness (QED) is 0.225. The Labute approximate surface area is 197 Å². The molecule has 3 N–H and O–H groups in total. The minimum atomic E-state index is 0. The van der Waals surface area contributed by atoms with E-state index < -0.39 is 0 Å². The Balaban J connectivity index is 0.00000256. The number of nitrogens with zero attached hydrogens (tertiary/aromatic N) is 2. The van der Waals surface area contributed by atoms with Crippen molar-refractivity contribution in [1.29, 1.82) is 0 Å². The molecule has 0 saturated carbocycles. The van der Waals surface area contributed by atoms with Crippen molar-refractivity contribution in [3.63, 3.8) is 0 Å². The Morgan fingerprint density at radius 2 is 2.07 bits per heavy atom. The van der Waals surface area contributed by atoms with Crippen molar-refractivity contribution >= 4 is 40.8 Å². The fraction of sp³-hybridized carbons (Fsp3) is 0.609. The third-order valence-electron chi connectivity index (χ3n) is 6.28. The van der Waals surface area contributed by atoms with Gasteiger partial charge in [0.2, 0.25) is 0 Å². The molecule has 30 heavy (non-hydrogen) atoms. The van der Waals surface area contributed by atoms with Crippen molar-refractivity contribution in [1.82, 2.24) is 20.5 Å². The molecule has 3 heterocycles. The highest BCUT2D eigenvalue weighted by Gasteiger charge is 2.24. The number of aromatic nitrogens is 1. The number of H-pyrrole nitrogens is 1. The van der Waals surface area contributed by atoms with E-state index in [1.807, 2.05) is 7.05 Å². The first-order valence-electron chi connectivity index (χ1n) is 11.1. The number of piperidine rings is 1. The second-order valence-electron chi connectivity index (χ2n) is 8.41. The van der Waals surface area contributed by atoms with E-state index in [2.05, 4.69) is 56.0 Å². The SMILES string of the molecule is CN=C(NCCCc1c[nH]c2ccccc12)NC1CCN(CC2CCOC2)CC1.I. The van der Waals surface area contributed by atoms with Crippen LogP contribution >= 0.6 is 24.0 Å². The van der Waals surface area contributed by atoms with Gasteiger partial charge in [0.05, 0.1) is 6.61 Å². The minimum absolute atomic E-state index is 0. The third kappa shape index (κ3) is 6.34. The Morgan fingerprint density at radius 1 is 1.23 bits per heavy atom. The molecular weight excluding hydrogens is 489 g/mol. The lowest BCUT2D eigenvalue weighted by molar-refractivity contribution is 0.150. The van der Waals surface area contributed by atoms with Gasteiger partial charge in [-0.25, -0.2) is 0 Å². The largest absolute Gasteiger partial charge is 0.381 e. The number of hydrogen-bond acceptors (Lipinski definition) is 3. The number of para-hydroxylation sites is 1. The van der Waals surface area contributed by atoms with Crippen molar-refractivity contribution in [3.05, 3.63) is 36.0 Å². The average molecular weight is 525 g/mol. The van der Waals surface area contributed by atoms with Crippen LogP contribution in [0, 0.1) is 5.92 Å². The molecule has 7 heteroatoms. The zero-order valence-electron chi connectivity index (χ0n) is 18.0. The number of fused-ring (bicyclic) bond motifs is 1. The van der Waals surface area contributed by atoms with Gasteiger partial charge in [0.15, 0.2) is 5.96 Å². The second kappa shape index (κ2) is 11.9. The van der Waals surface area contributed by atoms with Gasteiger partial charge < -0.3 is 25.3 Å². The number of likely N-dealkylation sites (tertiary alicyclic amines) is 1. The standard InChI is InChI=1S/C23H35N5O.HI/c1-24-23(25-11-4-5-19-15-26-22-7-3-2-6-21(19)22)27-20-8-12-28(13-9-20)16-18-10-14-29-17-18;/h2-3,6-7,15,18,20,26H,4-5,8-14,16-17H2,1H3,(H2,24,25,27);1H. The van der Waals surface area contributed by atoms with E-state index in [9.17, 15) is 0 Å². The van der Waals surface area contributed by atoms with Crippen LogP contribution in [0.5, 0.6) is 0 Å². The maximum absolute atomic E-state index is 5.51. The van der Waals surface area contributed by atoms with Gasteiger partial charge >= 0.3 is 0 Å². The summed E-state index contributed by atoms with van der Waals surface area (Å²) in [6.07, 6.45) is 7.89. The highest BCUT2D eigenvalue weighted by molar-refractivity contribution is 14.0. The lowest BCUT2D eigenvalue weighted by Gasteiger charge is -2.34. The molecule has 0 aliphatic carbocycles. The van der Waals surface area contributed by atoms with E-state index in [0.29, 0.717) is 6.04 Å². The highest BCUT2D eigenvalue weighted by atomic mass is 127. The molecule has 2 fully saturated rings. The first kappa shape index (κ1) is 23.3. The molecule has 4 rings (SSSR count). The van der Waals surface area contributed by atoms with Crippen LogP contribution in [-0.2, 0) is 11.2 Å². The molecule has 2 aliphatic heterocycles. The number of aryl methyl sites for hydroxylation is 1. The number of halogens is 1. The van der Waals surface area contributed by atoms with E-state index in [1.54, 1.807) is 0 Å². The molecule has 6 nitrogen and oxygen atoms in total. The van der Waals surface area contributed by atoms with Crippen LogP contribution in [0.1, 0.15) is 31.2 Å². The molecule has 0 spiro atoms. The number of guanidine groups is 1. The van der Waals surface area contributed by atoms with Gasteiger partial charge in [-0.15, -0.1) is 24.0 Å². The van der Waals surface area contributed by atoms with E-state index >= 15 is 0 Å². The summed E-state index contributed by atoms with van der Waals surface area (Å²) in [6.45, 7) is 6.38. The number of ether oxygens (including phenoxy) is 1. The molecule has 1 unspecified atom stereocenters. The summed E-state index contributed by atoms with van der Waals surface area (Å²) in [4.78, 5) is 10.4. The van der Waals surface area contributed by atoms with E-state index in [-0.39, 0.29) is 24.0 Å². The molecule has 2 aliphatic rings. The first-order valence-corrected chi connectivity index (χ1v) is 11.1. The number of rotatable bonds is 7. The minimum Gasteiger partial charge on any atom is -0.381 e. The Bertz CT molecular complexity index is 794. The molecule has 1 aromatic carbocycles. The molecular formula is C23H36IN5O. The predicted molar refractivity (Wildman–Crippen MR) is 135 cm³/mol. The van der Waals surface area contributed by atoms with Crippen LogP contribution in [0.2, 0.25) is 0 Å². The van der Waals surface area contributed by atoms with Crippen LogP contribution in [0.4, 0.5) is 0 Å². The number of hydrogen-bond donors (Lipinski definition) is 3. The molecule has 0 amide bonds. The molecule has 0 radical (unpaired) electrons. The average Bonchev–Trinajstić information content (AvgIpc) is 3.41. The Hall–Kier alpha value is -1.32. The summed E-state index contributed by atoms with van der Waals surface area (Å²) in [5.74, 6) is 1.68. The van der Waals surface area contributed by atoms with Crippen molar-refractivity contribution in [2.75, 3.05) is 46.4 Å². The zero-order chi connectivity index (χ0) is 19.9. The van der Waals surface area contributed by atoms with Gasteiger partial charge in [-0.05, 0) is 49.7 Å². The number of aliphatic imine (C=N–C) groups is 1. The first-order chi connectivity index (χ1) is 14.3. The van der Waals surface area contributed by atoms with E-state index in [4.69, 9.17) is 4.74 Å². The third-order valence-corrected chi connectivity index (χ3v) is 6.28. The molecule has 1 aromatic heterocycles. The van der Waals surface area contributed by atoms with E-state index in [0.717, 1.165) is 44.5 Å². The van der Waals surface area contributed by atoms with Crippen molar-refractivity contribution in [3.8, 4) is 0 Å². The van der Waals surface area contributed by atoms with E-state index in [1.165, 1.54) is 55.4 Å². The lowest BCUT2D eigenvalue weighted by atomic mass is 10.0. The van der Waals surface area contributed by atoms with Crippen LogP contribution in [0.15, 0.2) is 35.5 Å². The second-order valence-corrected chi connectivity index (χ2v) is 8.41. The lowest BCUT2D eigenvalue weighted by Crippen LogP contribution is -2.49. The van der Waals surface area contributed by atoms with Gasteiger partial charge in [-0.3, -0.25) is 4.99 Å². The summed E-state index contributed by atoms with van der Waals surface area (Å²) in [6, 6.07) is 9.03. The van der Waals surface area contributed by atoms with Gasteiger partial charge in [0, 0.05) is 63.0 Å². The Kier molecular flexibility index (Phi) is 9.27. The Morgan fingerprint density at radius 3 is 2.83 bits per heavy atom. The molecule has 2 saturated heterocycles. The van der Waals surface area contributed by atoms with Crippen molar-refractivity contribution in [2.24, 2.45) is 10.9 Å². The van der Waals surface area contributed by atoms with Crippen molar-refractivity contribution in [2.45, 2.75) is 38.1 Å². The predicted octanol–water partition coefficient (Wildman–Crippen LogP) is 3.38. The van der Waals surface area contributed by atoms with Gasteiger partial charge in [0.25, 0.3) is 0 Å². The smallest absolute Gasteiger partial charge is 0.191 e. The molecule has 1 atom stereocenters. The maximum Gasteiger partial charge on any atom is 0.191 e. The maximum atomic E-state index is 5.51. The normalized spacial score (nSPS) is 21.0. The zero-order valence-corrected chi connectivity index (χ0v) is 20.4. The number of benzene rings is 1. The van der Waals surface area contributed by atoms with Crippen molar-refractivity contribution < 1.29 is 4.74 Å². The fourth-order valence-corrected chi connectivity index (χ4v) is 4.56. The van der Waals surface area contributed by atoms with Crippen LogP contribution < -0.4 is 10.6 Å². The summed E-state index contributed by atoms with van der Waals surface area (Å²) in [5.41, 5.74) is 2.62. The molecule has 2 aromatic rings. The summed E-state index contributed by atoms with van der Waals surface area (Å²) in [7, 11) is 1.87. The van der Waals surface area contributed by atoms with Crippen LogP contribution in [0.25, 0.3) is 10.9 Å².